The van der Waals surface area contributed by atoms with Crippen molar-refractivity contribution in [1.29, 1.82) is 0 Å². The van der Waals surface area contributed by atoms with E-state index in [2.05, 4.69) is 22.5 Å². The van der Waals surface area contributed by atoms with Gasteiger partial charge in [0.15, 0.2) is 0 Å². The molecule has 1 aromatic carbocycles. The molecule has 1 heterocycles. The van der Waals surface area contributed by atoms with E-state index in [1.165, 1.54) is 5.56 Å². The largest absolute Gasteiger partial charge is 0.352 e. The van der Waals surface area contributed by atoms with Gasteiger partial charge in [-0.1, -0.05) is 30.3 Å². The molecule has 5 nitrogen and oxygen atoms in total. The van der Waals surface area contributed by atoms with Crippen molar-refractivity contribution in [1.82, 2.24) is 15.1 Å². The van der Waals surface area contributed by atoms with Gasteiger partial charge < -0.3 is 11.1 Å². The molecule has 0 bridgehead atoms. The molecule has 0 aliphatic rings. The fraction of sp³-hybridized carbons (Fsp3) is 0.412. The second-order valence-electron chi connectivity index (χ2n) is 5.46. The van der Waals surface area contributed by atoms with Gasteiger partial charge in [0, 0.05) is 24.2 Å². The van der Waals surface area contributed by atoms with Crippen molar-refractivity contribution in [3.05, 3.63) is 52.8 Å². The van der Waals surface area contributed by atoms with Gasteiger partial charge in [0.05, 0.1) is 12.2 Å². The van der Waals surface area contributed by atoms with Gasteiger partial charge >= 0.3 is 0 Å². The van der Waals surface area contributed by atoms with Crippen molar-refractivity contribution in [3.8, 4) is 0 Å². The topological polar surface area (TPSA) is 72.9 Å². The van der Waals surface area contributed by atoms with Gasteiger partial charge in [-0.2, -0.15) is 5.10 Å². The van der Waals surface area contributed by atoms with Crippen LogP contribution in [-0.2, 0) is 17.9 Å². The van der Waals surface area contributed by atoms with Gasteiger partial charge in [-0.05, 0) is 32.4 Å². The van der Waals surface area contributed by atoms with E-state index in [1.807, 2.05) is 36.7 Å². The Labute approximate surface area is 131 Å². The molecule has 0 aliphatic carbocycles. The first-order valence-corrected chi connectivity index (χ1v) is 7.65. The maximum Gasteiger partial charge on any atom is 0.220 e. The predicted molar refractivity (Wildman–Crippen MR) is 87.4 cm³/mol. The van der Waals surface area contributed by atoms with Crippen molar-refractivity contribution in [2.24, 2.45) is 5.73 Å². The van der Waals surface area contributed by atoms with Crippen LogP contribution >= 0.6 is 0 Å². The van der Waals surface area contributed by atoms with Crippen LogP contribution in [0.1, 0.15) is 35.4 Å². The monoisotopic (exact) mass is 300 g/mol. The van der Waals surface area contributed by atoms with E-state index in [0.29, 0.717) is 19.5 Å². The predicted octanol–water partition coefficient (Wildman–Crippen LogP) is 1.90. The SMILES string of the molecule is Cc1nn(Cc2ccccc2)c(C)c1CNC(=O)CCCN. The number of hydrogen-bond acceptors (Lipinski definition) is 3. The molecule has 0 radical (unpaired) electrons. The molecule has 5 heteroatoms. The zero-order valence-corrected chi connectivity index (χ0v) is 13.3. The molecular formula is C17H24N4O. The number of aryl methyl sites for hydroxylation is 1. The number of hydrogen-bond donors (Lipinski definition) is 2. The summed E-state index contributed by atoms with van der Waals surface area (Å²) in [6, 6.07) is 10.2. The van der Waals surface area contributed by atoms with Crippen LogP contribution in [0, 0.1) is 13.8 Å². The molecule has 3 N–H and O–H groups in total. The molecular weight excluding hydrogens is 276 g/mol. The molecule has 0 fully saturated rings. The Morgan fingerprint density at radius 1 is 1.27 bits per heavy atom. The van der Waals surface area contributed by atoms with Gasteiger partial charge in [-0.25, -0.2) is 0 Å². The molecule has 0 aliphatic heterocycles. The second-order valence-corrected chi connectivity index (χ2v) is 5.46. The summed E-state index contributed by atoms with van der Waals surface area (Å²) in [7, 11) is 0. The number of rotatable bonds is 7. The highest BCUT2D eigenvalue weighted by atomic mass is 16.1. The minimum atomic E-state index is 0.0417. The normalized spacial score (nSPS) is 10.7. The molecule has 1 amide bonds. The molecule has 22 heavy (non-hydrogen) atoms. The lowest BCUT2D eigenvalue weighted by molar-refractivity contribution is -0.121. The van der Waals surface area contributed by atoms with E-state index >= 15 is 0 Å². The van der Waals surface area contributed by atoms with Crippen molar-refractivity contribution >= 4 is 5.91 Å². The van der Waals surface area contributed by atoms with E-state index in [9.17, 15) is 4.79 Å². The number of aromatic nitrogens is 2. The van der Waals surface area contributed by atoms with Crippen LogP contribution in [-0.4, -0.2) is 22.2 Å². The highest BCUT2D eigenvalue weighted by Crippen LogP contribution is 2.14. The van der Waals surface area contributed by atoms with Crippen molar-refractivity contribution in [2.45, 2.75) is 39.8 Å². The van der Waals surface area contributed by atoms with Crippen LogP contribution in [0.2, 0.25) is 0 Å². The van der Waals surface area contributed by atoms with Gasteiger partial charge in [0.2, 0.25) is 5.91 Å². The molecule has 0 unspecified atom stereocenters. The van der Waals surface area contributed by atoms with Crippen molar-refractivity contribution < 1.29 is 4.79 Å². The number of amides is 1. The number of carbonyl (C=O) groups excluding carboxylic acids is 1. The standard InChI is InChI=1S/C17H24N4O/c1-13-16(11-19-17(22)9-6-10-18)14(2)21(20-13)12-15-7-4-3-5-8-15/h3-5,7-8H,6,9-12,18H2,1-2H3,(H,19,22). The first-order chi connectivity index (χ1) is 10.6. The molecule has 118 valence electrons. The second kappa shape index (κ2) is 7.75. The fourth-order valence-corrected chi connectivity index (χ4v) is 2.44. The third-order valence-electron chi connectivity index (χ3n) is 3.78. The van der Waals surface area contributed by atoms with Gasteiger partial charge in [-0.3, -0.25) is 9.48 Å². The first-order valence-electron chi connectivity index (χ1n) is 7.65. The van der Waals surface area contributed by atoms with Gasteiger partial charge in [0.1, 0.15) is 0 Å². The maximum atomic E-state index is 11.7. The van der Waals surface area contributed by atoms with E-state index in [1.54, 1.807) is 0 Å². The molecule has 0 atom stereocenters. The molecule has 2 rings (SSSR count). The number of nitrogens with zero attached hydrogens (tertiary/aromatic N) is 2. The quantitative estimate of drug-likeness (QED) is 0.820. The summed E-state index contributed by atoms with van der Waals surface area (Å²) in [6.07, 6.45) is 1.20. The fourth-order valence-electron chi connectivity index (χ4n) is 2.44. The van der Waals surface area contributed by atoms with Crippen LogP contribution in [0.3, 0.4) is 0 Å². The zero-order valence-electron chi connectivity index (χ0n) is 13.3. The smallest absolute Gasteiger partial charge is 0.220 e. The average molecular weight is 300 g/mol. The third-order valence-corrected chi connectivity index (χ3v) is 3.78. The summed E-state index contributed by atoms with van der Waals surface area (Å²) in [6.45, 7) is 5.84. The Kier molecular flexibility index (Phi) is 5.72. The Morgan fingerprint density at radius 2 is 2.00 bits per heavy atom. The number of nitrogens with two attached hydrogens (primary N) is 1. The number of carbonyl (C=O) groups is 1. The Morgan fingerprint density at radius 3 is 2.68 bits per heavy atom. The Balaban J connectivity index is 2.02. The van der Waals surface area contributed by atoms with Crippen LogP contribution < -0.4 is 11.1 Å². The number of nitrogens with one attached hydrogen (secondary N) is 1. The summed E-state index contributed by atoms with van der Waals surface area (Å²) >= 11 is 0. The molecule has 0 spiro atoms. The van der Waals surface area contributed by atoms with Crippen molar-refractivity contribution in [2.75, 3.05) is 6.54 Å². The highest BCUT2D eigenvalue weighted by molar-refractivity contribution is 5.75. The minimum Gasteiger partial charge on any atom is -0.352 e. The summed E-state index contributed by atoms with van der Waals surface area (Å²) in [5.74, 6) is 0.0417. The number of benzene rings is 1. The molecule has 1 aromatic heterocycles. The summed E-state index contributed by atoms with van der Waals surface area (Å²) in [5.41, 5.74) is 9.79. The van der Waals surface area contributed by atoms with Crippen LogP contribution in [0.15, 0.2) is 30.3 Å². The van der Waals surface area contributed by atoms with Gasteiger partial charge in [0.25, 0.3) is 0 Å². The summed E-state index contributed by atoms with van der Waals surface area (Å²) in [5, 5.41) is 7.54. The van der Waals surface area contributed by atoms with E-state index in [4.69, 9.17) is 5.73 Å². The van der Waals surface area contributed by atoms with E-state index in [0.717, 1.165) is 29.9 Å². The Bertz CT molecular complexity index is 619. The molecule has 0 saturated carbocycles. The van der Waals surface area contributed by atoms with Crippen LogP contribution in [0.4, 0.5) is 0 Å². The highest BCUT2D eigenvalue weighted by Gasteiger charge is 2.12. The Hall–Kier alpha value is -2.14. The minimum absolute atomic E-state index is 0.0417. The van der Waals surface area contributed by atoms with Gasteiger partial charge in [-0.15, -0.1) is 0 Å². The molecule has 2 aromatic rings. The lowest BCUT2D eigenvalue weighted by Gasteiger charge is -2.07. The maximum absolute atomic E-state index is 11.7. The first kappa shape index (κ1) is 16.2. The van der Waals surface area contributed by atoms with E-state index in [-0.39, 0.29) is 5.91 Å². The zero-order chi connectivity index (χ0) is 15.9. The van der Waals surface area contributed by atoms with E-state index < -0.39 is 0 Å². The molecule has 0 saturated heterocycles. The summed E-state index contributed by atoms with van der Waals surface area (Å²) < 4.78 is 1.99. The lowest BCUT2D eigenvalue weighted by atomic mass is 10.2. The van der Waals surface area contributed by atoms with Crippen LogP contribution in [0.5, 0.6) is 0 Å². The average Bonchev–Trinajstić information content (AvgIpc) is 2.78. The van der Waals surface area contributed by atoms with Crippen molar-refractivity contribution in [3.63, 3.8) is 0 Å². The summed E-state index contributed by atoms with van der Waals surface area (Å²) in [4.78, 5) is 11.7. The van der Waals surface area contributed by atoms with Crippen LogP contribution in [0.25, 0.3) is 0 Å². The lowest BCUT2D eigenvalue weighted by Crippen LogP contribution is -2.23. The third kappa shape index (κ3) is 4.18.